The molecule has 0 aliphatic carbocycles. The first-order valence-electron chi connectivity index (χ1n) is 7.28. The summed E-state index contributed by atoms with van der Waals surface area (Å²) >= 11 is 0. The van der Waals surface area contributed by atoms with Gasteiger partial charge in [-0.3, -0.25) is 9.69 Å². The van der Waals surface area contributed by atoms with E-state index in [4.69, 9.17) is 4.74 Å². The molecule has 5 nitrogen and oxygen atoms in total. The average Bonchev–Trinajstić information content (AvgIpc) is 2.45. The number of piperidine rings is 1. The second-order valence-electron chi connectivity index (χ2n) is 5.43. The maximum absolute atomic E-state index is 12.0. The van der Waals surface area contributed by atoms with Crippen molar-refractivity contribution < 1.29 is 9.53 Å². The van der Waals surface area contributed by atoms with Gasteiger partial charge in [-0.05, 0) is 46.2 Å². The van der Waals surface area contributed by atoms with E-state index >= 15 is 0 Å². The molecule has 1 rings (SSSR count). The van der Waals surface area contributed by atoms with Crippen LogP contribution in [0.1, 0.15) is 26.7 Å². The van der Waals surface area contributed by atoms with E-state index in [-0.39, 0.29) is 11.9 Å². The molecule has 0 aromatic rings. The minimum absolute atomic E-state index is 0.0521. The van der Waals surface area contributed by atoms with E-state index in [0.717, 1.165) is 13.1 Å². The summed E-state index contributed by atoms with van der Waals surface area (Å²) < 4.78 is 4.94. The monoisotopic (exact) mass is 271 g/mol. The first-order chi connectivity index (χ1) is 9.10. The van der Waals surface area contributed by atoms with Crippen LogP contribution in [0.25, 0.3) is 0 Å². The van der Waals surface area contributed by atoms with Gasteiger partial charge in [-0.2, -0.15) is 0 Å². The lowest BCUT2D eigenvalue weighted by Gasteiger charge is -2.38. The van der Waals surface area contributed by atoms with Crippen molar-refractivity contribution in [3.05, 3.63) is 0 Å². The number of likely N-dealkylation sites (tertiary alicyclic amines) is 1. The summed E-state index contributed by atoms with van der Waals surface area (Å²) in [6.07, 6.45) is 2.42. The van der Waals surface area contributed by atoms with Crippen LogP contribution in [-0.4, -0.2) is 63.3 Å². The molecule has 3 unspecified atom stereocenters. The molecule has 1 amide bonds. The third-order valence-corrected chi connectivity index (χ3v) is 4.18. The molecular weight excluding hydrogens is 242 g/mol. The van der Waals surface area contributed by atoms with Crippen LogP contribution in [0.3, 0.4) is 0 Å². The fraction of sp³-hybridized carbons (Fsp3) is 0.929. The van der Waals surface area contributed by atoms with Crippen LogP contribution in [0.4, 0.5) is 0 Å². The van der Waals surface area contributed by atoms with Crippen LogP contribution in [0.5, 0.6) is 0 Å². The zero-order valence-corrected chi connectivity index (χ0v) is 12.7. The fourth-order valence-corrected chi connectivity index (χ4v) is 2.63. The SMILES string of the molecule is CNC(C)C1CCCN(C(C)C(=O)NCCOC)C1. The molecule has 0 aromatic heterocycles. The number of ether oxygens (including phenoxy) is 1. The van der Waals surface area contributed by atoms with Gasteiger partial charge in [-0.1, -0.05) is 0 Å². The van der Waals surface area contributed by atoms with Gasteiger partial charge in [-0.25, -0.2) is 0 Å². The van der Waals surface area contributed by atoms with Gasteiger partial charge in [0.15, 0.2) is 0 Å². The number of rotatable bonds is 7. The molecule has 0 radical (unpaired) electrons. The summed E-state index contributed by atoms with van der Waals surface area (Å²) in [6, 6.07) is 0.454. The molecule has 1 saturated heterocycles. The lowest BCUT2D eigenvalue weighted by atomic mass is 9.91. The summed E-state index contributed by atoms with van der Waals surface area (Å²) in [6.45, 7) is 7.39. The summed E-state index contributed by atoms with van der Waals surface area (Å²) in [5.74, 6) is 0.739. The van der Waals surface area contributed by atoms with Crippen molar-refractivity contribution in [1.29, 1.82) is 0 Å². The van der Waals surface area contributed by atoms with E-state index in [1.165, 1.54) is 12.8 Å². The Balaban J connectivity index is 2.42. The maximum atomic E-state index is 12.0. The molecule has 3 atom stereocenters. The van der Waals surface area contributed by atoms with Gasteiger partial charge in [0.25, 0.3) is 0 Å². The van der Waals surface area contributed by atoms with E-state index in [9.17, 15) is 4.79 Å². The Hall–Kier alpha value is -0.650. The van der Waals surface area contributed by atoms with Crippen molar-refractivity contribution in [3.63, 3.8) is 0 Å². The molecule has 1 aliphatic heterocycles. The number of amides is 1. The number of carbonyl (C=O) groups is 1. The highest BCUT2D eigenvalue weighted by Crippen LogP contribution is 2.21. The lowest BCUT2D eigenvalue weighted by molar-refractivity contribution is -0.126. The molecule has 112 valence electrons. The molecule has 2 N–H and O–H groups in total. The predicted octanol–water partition coefficient (Wildman–Crippen LogP) is 0.457. The number of hydrogen-bond acceptors (Lipinski definition) is 4. The van der Waals surface area contributed by atoms with Gasteiger partial charge < -0.3 is 15.4 Å². The largest absolute Gasteiger partial charge is 0.383 e. The Kier molecular flexibility index (Phi) is 7.34. The van der Waals surface area contributed by atoms with Crippen molar-refractivity contribution in [2.24, 2.45) is 5.92 Å². The zero-order chi connectivity index (χ0) is 14.3. The van der Waals surface area contributed by atoms with Crippen LogP contribution in [0, 0.1) is 5.92 Å². The standard InChI is InChI=1S/C14H29N3O2/c1-11(15-3)13-6-5-8-17(10-13)12(2)14(18)16-7-9-19-4/h11-13,15H,5-10H2,1-4H3,(H,16,18). The average molecular weight is 271 g/mol. The van der Waals surface area contributed by atoms with Crippen molar-refractivity contribution in [2.75, 3.05) is 40.4 Å². The molecule has 1 fully saturated rings. The second kappa shape index (κ2) is 8.51. The minimum Gasteiger partial charge on any atom is -0.383 e. The quantitative estimate of drug-likeness (QED) is 0.661. The van der Waals surface area contributed by atoms with Crippen molar-refractivity contribution in [3.8, 4) is 0 Å². The molecule has 1 heterocycles. The van der Waals surface area contributed by atoms with Gasteiger partial charge in [0.05, 0.1) is 12.6 Å². The number of hydrogen-bond donors (Lipinski definition) is 2. The molecule has 1 aliphatic rings. The van der Waals surface area contributed by atoms with Crippen LogP contribution in [-0.2, 0) is 9.53 Å². The van der Waals surface area contributed by atoms with Gasteiger partial charge >= 0.3 is 0 Å². The summed E-state index contributed by atoms with van der Waals surface area (Å²) in [4.78, 5) is 14.3. The highest BCUT2D eigenvalue weighted by Gasteiger charge is 2.29. The summed E-state index contributed by atoms with van der Waals surface area (Å²) in [5.41, 5.74) is 0. The van der Waals surface area contributed by atoms with E-state index in [1.54, 1.807) is 7.11 Å². The molecule has 5 heteroatoms. The first kappa shape index (κ1) is 16.4. The minimum atomic E-state index is -0.0521. The molecule has 0 bridgehead atoms. The third-order valence-electron chi connectivity index (χ3n) is 4.18. The van der Waals surface area contributed by atoms with E-state index in [0.29, 0.717) is 25.1 Å². The highest BCUT2D eigenvalue weighted by molar-refractivity contribution is 5.81. The summed E-state index contributed by atoms with van der Waals surface area (Å²) in [7, 11) is 3.65. The van der Waals surface area contributed by atoms with Crippen molar-refractivity contribution >= 4 is 5.91 Å². The third kappa shape index (κ3) is 5.09. The molecule has 0 spiro atoms. The predicted molar refractivity (Wildman–Crippen MR) is 77.2 cm³/mol. The Bertz CT molecular complexity index is 273. The van der Waals surface area contributed by atoms with E-state index in [2.05, 4.69) is 22.5 Å². The van der Waals surface area contributed by atoms with Gasteiger partial charge in [0, 0.05) is 26.2 Å². The number of methoxy groups -OCH3 is 1. The lowest BCUT2D eigenvalue weighted by Crippen LogP contribution is -2.52. The van der Waals surface area contributed by atoms with Crippen molar-refractivity contribution in [2.45, 2.75) is 38.8 Å². The van der Waals surface area contributed by atoms with Gasteiger partial charge in [-0.15, -0.1) is 0 Å². The fourth-order valence-electron chi connectivity index (χ4n) is 2.63. The zero-order valence-electron chi connectivity index (χ0n) is 12.7. The van der Waals surface area contributed by atoms with Crippen LogP contribution in [0.2, 0.25) is 0 Å². The Morgan fingerprint density at radius 3 is 2.84 bits per heavy atom. The number of nitrogens with one attached hydrogen (secondary N) is 2. The Labute approximate surface area is 117 Å². The van der Waals surface area contributed by atoms with E-state index < -0.39 is 0 Å². The van der Waals surface area contributed by atoms with Crippen molar-refractivity contribution in [1.82, 2.24) is 15.5 Å². The topological polar surface area (TPSA) is 53.6 Å². The molecule has 19 heavy (non-hydrogen) atoms. The Morgan fingerprint density at radius 2 is 2.21 bits per heavy atom. The summed E-state index contributed by atoms with van der Waals surface area (Å²) in [5, 5.41) is 6.24. The molecule has 0 aromatic carbocycles. The first-order valence-corrected chi connectivity index (χ1v) is 7.28. The van der Waals surface area contributed by atoms with E-state index in [1.807, 2.05) is 14.0 Å². The van der Waals surface area contributed by atoms with Crippen LogP contribution >= 0.6 is 0 Å². The second-order valence-corrected chi connectivity index (χ2v) is 5.43. The normalized spacial score (nSPS) is 23.9. The molecule has 0 saturated carbocycles. The smallest absolute Gasteiger partial charge is 0.237 e. The van der Waals surface area contributed by atoms with Gasteiger partial charge in [0.1, 0.15) is 0 Å². The van der Waals surface area contributed by atoms with Gasteiger partial charge in [0.2, 0.25) is 5.91 Å². The number of nitrogens with zero attached hydrogens (tertiary/aromatic N) is 1. The Morgan fingerprint density at radius 1 is 1.47 bits per heavy atom. The highest BCUT2D eigenvalue weighted by atomic mass is 16.5. The maximum Gasteiger partial charge on any atom is 0.237 e. The van der Waals surface area contributed by atoms with Crippen LogP contribution < -0.4 is 10.6 Å². The number of carbonyl (C=O) groups excluding carboxylic acids is 1. The molecular formula is C14H29N3O2. The van der Waals surface area contributed by atoms with Crippen LogP contribution in [0.15, 0.2) is 0 Å².